The van der Waals surface area contributed by atoms with E-state index >= 15 is 0 Å². The van der Waals surface area contributed by atoms with E-state index in [4.69, 9.17) is 18.6 Å². The molecule has 0 radical (unpaired) electrons. The lowest BCUT2D eigenvalue weighted by atomic mass is 10.4. The lowest BCUT2D eigenvalue weighted by Crippen LogP contribution is -2.32. The molecule has 0 aliphatic heterocycles. The number of rotatable bonds is 12. The predicted octanol–water partition coefficient (Wildman–Crippen LogP) is 3.97. The van der Waals surface area contributed by atoms with E-state index in [0.717, 1.165) is 29.5 Å². The lowest BCUT2D eigenvalue weighted by molar-refractivity contribution is 0.158. The van der Waals surface area contributed by atoms with Crippen LogP contribution >= 0.6 is 19.5 Å². The summed E-state index contributed by atoms with van der Waals surface area (Å²) in [6.07, 6.45) is 0.844. The van der Waals surface area contributed by atoms with Crippen molar-refractivity contribution in [1.29, 1.82) is 0 Å². The third-order valence-corrected chi connectivity index (χ3v) is 6.03. The number of alkyl carbamates (subject to hydrolysis) is 1. The Morgan fingerprint density at radius 3 is 2.57 bits per heavy atom. The topological polar surface area (TPSA) is 107 Å². The third kappa shape index (κ3) is 9.07. The second kappa shape index (κ2) is 13.6. The Hall–Kier alpha value is -1.58. The summed E-state index contributed by atoms with van der Waals surface area (Å²) in [5.41, 5.74) is -1.06. The van der Waals surface area contributed by atoms with E-state index < -0.39 is 19.3 Å². The maximum Gasteiger partial charge on any atom is 0.413 e. The van der Waals surface area contributed by atoms with E-state index in [2.05, 4.69) is 15.6 Å². The van der Waals surface area contributed by atoms with Gasteiger partial charge in [0.05, 0.1) is 6.61 Å². The predicted molar refractivity (Wildman–Crippen MR) is 109 cm³/mol. The largest absolute Gasteiger partial charge is 0.413 e. The normalized spacial score (nSPS) is 14.8. The van der Waals surface area contributed by atoms with Crippen molar-refractivity contribution < 1.29 is 28.0 Å². The zero-order chi connectivity index (χ0) is 20.8. The fourth-order valence-corrected chi connectivity index (χ4v) is 4.44. The molecule has 1 aromatic carbocycles. The Kier molecular flexibility index (Phi) is 11.9. The van der Waals surface area contributed by atoms with Crippen LogP contribution in [-0.4, -0.2) is 44.7 Å². The van der Waals surface area contributed by atoms with Gasteiger partial charge in [0.1, 0.15) is 7.11 Å². The number of ether oxygens (including phenoxy) is 1. The maximum absolute atomic E-state index is 13.1. The van der Waals surface area contributed by atoms with Gasteiger partial charge in [-0.3, -0.25) is 9.05 Å². The molecule has 0 aliphatic rings. The van der Waals surface area contributed by atoms with E-state index in [-0.39, 0.29) is 12.5 Å². The number of unbranched alkanes of at least 4 members (excludes halogenated alkanes) is 1. The summed E-state index contributed by atoms with van der Waals surface area (Å²) < 4.78 is 29.5. The van der Waals surface area contributed by atoms with Gasteiger partial charge >= 0.3 is 13.8 Å². The summed E-state index contributed by atoms with van der Waals surface area (Å²) in [7, 11) is -0.979. The van der Waals surface area contributed by atoms with Crippen LogP contribution in [0.15, 0.2) is 40.4 Å². The van der Waals surface area contributed by atoms with Crippen molar-refractivity contribution in [2.24, 2.45) is 5.16 Å². The van der Waals surface area contributed by atoms with Crippen molar-refractivity contribution in [1.82, 2.24) is 10.4 Å². The maximum atomic E-state index is 13.1. The van der Waals surface area contributed by atoms with Gasteiger partial charge in [-0.2, -0.15) is 0 Å². The number of thioether (sulfide) groups is 1. The number of oxime groups is 1. The first-order valence-electron chi connectivity index (χ1n) is 8.88. The highest BCUT2D eigenvalue weighted by atomic mass is 32.2. The summed E-state index contributed by atoms with van der Waals surface area (Å²) in [6, 6.07) is 9.22. The van der Waals surface area contributed by atoms with Crippen LogP contribution in [0.25, 0.3) is 0 Å². The summed E-state index contributed by atoms with van der Waals surface area (Å²) in [4.78, 5) is 17.3. The summed E-state index contributed by atoms with van der Waals surface area (Å²) in [5.74, 6) is -0.201. The minimum atomic E-state index is -3.69. The molecule has 28 heavy (non-hydrogen) atoms. The van der Waals surface area contributed by atoms with E-state index in [1.807, 2.05) is 37.3 Å². The van der Waals surface area contributed by atoms with Crippen LogP contribution in [0.2, 0.25) is 0 Å². The zero-order valence-corrected chi connectivity index (χ0v) is 18.3. The van der Waals surface area contributed by atoms with Gasteiger partial charge in [0.15, 0.2) is 5.44 Å². The van der Waals surface area contributed by atoms with Crippen LogP contribution in [0, 0.1) is 0 Å². The fourth-order valence-electron chi connectivity index (χ4n) is 1.85. The SMILES string of the molecule is CCCCOP(=O)(NCC)OC(Sc1ccccc1)C(=NOC)OC(=O)NC. The van der Waals surface area contributed by atoms with Gasteiger partial charge < -0.3 is 14.9 Å². The average molecular weight is 433 g/mol. The van der Waals surface area contributed by atoms with Crippen molar-refractivity contribution in [2.45, 2.75) is 37.0 Å². The number of carbonyl (C=O) groups excluding carboxylic acids is 1. The molecule has 1 amide bonds. The molecule has 0 heterocycles. The summed E-state index contributed by atoms with van der Waals surface area (Å²) >= 11 is 1.15. The van der Waals surface area contributed by atoms with Crippen molar-refractivity contribution in [3.8, 4) is 0 Å². The molecule has 158 valence electrons. The molecule has 2 N–H and O–H groups in total. The first-order chi connectivity index (χ1) is 13.5. The molecule has 2 atom stereocenters. The molecule has 1 aromatic rings. The van der Waals surface area contributed by atoms with Gasteiger partial charge in [-0.15, -0.1) is 0 Å². The molecule has 0 bridgehead atoms. The number of benzene rings is 1. The molecule has 0 saturated carbocycles. The quantitative estimate of drug-likeness (QED) is 0.0970. The Morgan fingerprint density at radius 1 is 1.29 bits per heavy atom. The standard InChI is InChI=1S/C17H28N3O6PS/c1-5-7-13-24-27(22,19-6-2)26-16(28-14-11-9-8-10-12-14)15(20-23-4)25-17(21)18-3/h8-12,16H,5-7,13H2,1-4H3,(H,18,21)(H,19,22). The number of amides is 1. The molecular weight excluding hydrogens is 405 g/mol. The lowest BCUT2D eigenvalue weighted by Gasteiger charge is -2.24. The van der Waals surface area contributed by atoms with Crippen LogP contribution < -0.4 is 10.4 Å². The summed E-state index contributed by atoms with van der Waals surface area (Å²) in [5, 5.41) is 8.80. The number of carbonyl (C=O) groups is 1. The Labute approximate surface area is 170 Å². The van der Waals surface area contributed by atoms with Crippen molar-refractivity contribution >= 4 is 31.5 Å². The monoisotopic (exact) mass is 433 g/mol. The molecule has 11 heteroatoms. The third-order valence-electron chi connectivity index (χ3n) is 3.12. The molecule has 9 nitrogen and oxygen atoms in total. The van der Waals surface area contributed by atoms with Gasteiger partial charge in [-0.25, -0.2) is 14.4 Å². The number of nitrogens with one attached hydrogen (secondary N) is 2. The highest BCUT2D eigenvalue weighted by Crippen LogP contribution is 2.48. The smallest absolute Gasteiger partial charge is 0.396 e. The second-order valence-electron chi connectivity index (χ2n) is 5.32. The van der Waals surface area contributed by atoms with Crippen molar-refractivity contribution in [2.75, 3.05) is 27.3 Å². The van der Waals surface area contributed by atoms with E-state index in [9.17, 15) is 9.36 Å². The summed E-state index contributed by atoms with van der Waals surface area (Å²) in [6.45, 7) is 4.40. The molecule has 0 spiro atoms. The van der Waals surface area contributed by atoms with E-state index in [1.165, 1.54) is 14.2 Å². The Bertz CT molecular complexity index is 662. The van der Waals surface area contributed by atoms with Crippen LogP contribution in [0.4, 0.5) is 4.79 Å². The molecular formula is C17H28N3O6PS. The van der Waals surface area contributed by atoms with Crippen LogP contribution in [0.3, 0.4) is 0 Å². The number of hydrogen-bond acceptors (Lipinski definition) is 8. The number of nitrogens with zero attached hydrogens (tertiary/aromatic N) is 1. The van der Waals surface area contributed by atoms with Crippen LogP contribution in [-0.2, 0) is 23.2 Å². The molecule has 2 unspecified atom stereocenters. The van der Waals surface area contributed by atoms with E-state index in [0.29, 0.717) is 6.54 Å². The highest BCUT2D eigenvalue weighted by Gasteiger charge is 2.34. The van der Waals surface area contributed by atoms with Crippen molar-refractivity contribution in [3.63, 3.8) is 0 Å². The minimum Gasteiger partial charge on any atom is -0.396 e. The highest BCUT2D eigenvalue weighted by molar-refractivity contribution is 8.00. The first-order valence-corrected chi connectivity index (χ1v) is 11.3. The van der Waals surface area contributed by atoms with Crippen molar-refractivity contribution in [3.05, 3.63) is 30.3 Å². The second-order valence-corrected chi connectivity index (χ2v) is 8.23. The minimum absolute atomic E-state index is 0.201. The van der Waals surface area contributed by atoms with Gasteiger partial charge in [-0.05, 0) is 23.7 Å². The molecule has 0 saturated heterocycles. The van der Waals surface area contributed by atoms with Gasteiger partial charge in [-0.1, -0.05) is 50.2 Å². The average Bonchev–Trinajstić information content (AvgIpc) is 2.68. The van der Waals surface area contributed by atoms with Crippen LogP contribution in [0.5, 0.6) is 0 Å². The molecule has 1 rings (SSSR count). The van der Waals surface area contributed by atoms with Gasteiger partial charge in [0, 0.05) is 18.5 Å². The fraction of sp³-hybridized carbons (Fsp3) is 0.529. The zero-order valence-electron chi connectivity index (χ0n) is 16.5. The van der Waals surface area contributed by atoms with Crippen LogP contribution in [0.1, 0.15) is 26.7 Å². The molecule has 0 fully saturated rings. The van der Waals surface area contributed by atoms with Gasteiger partial charge in [0.25, 0.3) is 5.90 Å². The molecule has 0 aliphatic carbocycles. The van der Waals surface area contributed by atoms with Gasteiger partial charge in [0.2, 0.25) is 0 Å². The number of hydrogen-bond donors (Lipinski definition) is 2. The first kappa shape index (κ1) is 24.5. The van der Waals surface area contributed by atoms with E-state index in [1.54, 1.807) is 6.92 Å². The molecule has 0 aromatic heterocycles. The Morgan fingerprint density at radius 2 is 2.00 bits per heavy atom. The Balaban J connectivity index is 3.13.